The molecule has 0 aliphatic carbocycles. The van der Waals surface area contributed by atoms with Crippen molar-refractivity contribution in [1.82, 2.24) is 14.8 Å². The number of nitrogens with two attached hydrogens (primary N) is 1. The third-order valence-corrected chi connectivity index (χ3v) is 5.65. The van der Waals surface area contributed by atoms with Crippen LogP contribution in [0.1, 0.15) is 45.4 Å². The van der Waals surface area contributed by atoms with Gasteiger partial charge in [0.25, 0.3) is 5.56 Å². The van der Waals surface area contributed by atoms with Crippen molar-refractivity contribution in [1.29, 1.82) is 0 Å². The predicted molar refractivity (Wildman–Crippen MR) is 139 cm³/mol. The molecule has 0 fully saturated rings. The lowest BCUT2D eigenvalue weighted by Gasteiger charge is -2.20. The van der Waals surface area contributed by atoms with Gasteiger partial charge in [-0.3, -0.25) is 19.5 Å². The molecule has 4 aromatic rings. The summed E-state index contributed by atoms with van der Waals surface area (Å²) in [6.07, 6.45) is -3.60. The average Bonchev–Trinajstić information content (AvgIpc) is 3.46. The number of hydrogen-bond acceptors (Lipinski definition) is 8. The lowest BCUT2D eigenvalue weighted by molar-refractivity contribution is -0.274. The van der Waals surface area contributed by atoms with Gasteiger partial charge in [0, 0.05) is 12.0 Å². The first-order valence-corrected chi connectivity index (χ1v) is 12.4. The topological polar surface area (TPSA) is 152 Å². The Morgan fingerprint density at radius 3 is 2.46 bits per heavy atom. The van der Waals surface area contributed by atoms with E-state index in [9.17, 15) is 27.6 Å². The largest absolute Gasteiger partial charge is 0.573 e. The molecule has 0 aliphatic rings. The lowest BCUT2D eigenvalue weighted by atomic mass is 10.1. The highest BCUT2D eigenvalue weighted by atomic mass is 19.4. The van der Waals surface area contributed by atoms with Gasteiger partial charge in [-0.05, 0) is 63.6 Å². The Balaban J connectivity index is 1.48. The molecule has 41 heavy (non-hydrogen) atoms. The van der Waals surface area contributed by atoms with Crippen LogP contribution in [0.25, 0.3) is 22.4 Å². The third kappa shape index (κ3) is 7.47. The van der Waals surface area contributed by atoms with Crippen LogP contribution in [0.2, 0.25) is 0 Å². The second-order valence-corrected chi connectivity index (χ2v) is 10.0. The Hall–Kier alpha value is -4.75. The highest BCUT2D eigenvalue weighted by Crippen LogP contribution is 2.28. The van der Waals surface area contributed by atoms with Crippen LogP contribution < -0.4 is 20.8 Å². The molecule has 1 atom stereocenters. The lowest BCUT2D eigenvalue weighted by Crippen LogP contribution is -2.34. The van der Waals surface area contributed by atoms with Crippen LogP contribution in [0.15, 0.2) is 57.9 Å². The van der Waals surface area contributed by atoms with E-state index in [0.29, 0.717) is 16.8 Å². The second kappa shape index (κ2) is 11.4. The number of carbonyl (C=O) groups excluding carboxylic acids is 2. The molecule has 1 amide bonds. The van der Waals surface area contributed by atoms with Crippen molar-refractivity contribution in [3.63, 3.8) is 0 Å². The fourth-order valence-electron chi connectivity index (χ4n) is 3.97. The molecular formula is C27H27F3N4O7. The maximum Gasteiger partial charge on any atom is 0.573 e. The third-order valence-electron chi connectivity index (χ3n) is 5.65. The summed E-state index contributed by atoms with van der Waals surface area (Å²) in [5, 5.41) is 3.09. The molecule has 0 saturated heterocycles. The van der Waals surface area contributed by atoms with Gasteiger partial charge in [-0.15, -0.1) is 13.2 Å². The maximum atomic E-state index is 13.1. The molecule has 2 aromatic heterocycles. The first-order valence-electron chi connectivity index (χ1n) is 12.4. The molecule has 0 spiro atoms. The van der Waals surface area contributed by atoms with Gasteiger partial charge in [0.15, 0.2) is 5.76 Å². The van der Waals surface area contributed by atoms with Gasteiger partial charge < -0.3 is 24.4 Å². The summed E-state index contributed by atoms with van der Waals surface area (Å²) in [6.45, 7) is 5.04. The zero-order valence-electron chi connectivity index (χ0n) is 22.3. The Morgan fingerprint density at radius 1 is 1.12 bits per heavy atom. The van der Waals surface area contributed by atoms with Crippen molar-refractivity contribution in [2.45, 2.75) is 58.2 Å². The summed E-state index contributed by atoms with van der Waals surface area (Å²) in [4.78, 5) is 41.6. The fourth-order valence-corrected chi connectivity index (χ4v) is 3.97. The number of hydrogen-bond donors (Lipinski definition) is 2. The van der Waals surface area contributed by atoms with Crippen LogP contribution in [0.4, 0.5) is 13.2 Å². The standard InChI is InChI=1S/C27H27F3N4O7/c1-26(2,3)41-21(35)12-11-19(23(31)36)34-25(37)18-5-4-6-20(22(18)33-34)38-14-17-13-32-24(39-17)15-7-9-16(10-8-15)40-27(28,29)30/h4-10,13,19,33H,11-12,14H2,1-3H3,(H2,31,36)/t19-/m0/s1. The smallest absolute Gasteiger partial charge is 0.483 e. The number of nitrogens with one attached hydrogen (secondary N) is 1. The number of nitrogens with zero attached hydrogens (tertiary/aromatic N) is 2. The minimum Gasteiger partial charge on any atom is -0.483 e. The second-order valence-electron chi connectivity index (χ2n) is 10.0. The van der Waals surface area contributed by atoms with E-state index in [-0.39, 0.29) is 42.2 Å². The number of rotatable bonds is 10. The van der Waals surface area contributed by atoms with E-state index in [1.807, 2.05) is 0 Å². The van der Waals surface area contributed by atoms with Gasteiger partial charge in [0.1, 0.15) is 35.3 Å². The summed E-state index contributed by atoms with van der Waals surface area (Å²) in [6, 6.07) is 8.60. The molecule has 0 radical (unpaired) electrons. The van der Waals surface area contributed by atoms with Gasteiger partial charge in [-0.2, -0.15) is 0 Å². The van der Waals surface area contributed by atoms with Crippen molar-refractivity contribution < 1.29 is 41.4 Å². The summed E-state index contributed by atoms with van der Waals surface area (Å²) < 4.78 is 58.8. The first kappa shape index (κ1) is 29.2. The first-order chi connectivity index (χ1) is 19.2. The Kier molecular flexibility index (Phi) is 8.12. The van der Waals surface area contributed by atoms with Crippen molar-refractivity contribution in [3.8, 4) is 23.0 Å². The molecule has 3 N–H and O–H groups in total. The molecule has 11 nitrogen and oxygen atoms in total. The number of carbonyl (C=O) groups is 2. The molecule has 4 rings (SSSR count). The van der Waals surface area contributed by atoms with Crippen LogP contribution in [0.5, 0.6) is 11.5 Å². The highest BCUT2D eigenvalue weighted by Gasteiger charge is 2.31. The van der Waals surface area contributed by atoms with Crippen LogP contribution in [0, 0.1) is 0 Å². The number of esters is 1. The molecule has 0 unspecified atom stereocenters. The number of H-pyrrole nitrogens is 1. The van der Waals surface area contributed by atoms with Crippen LogP contribution in [-0.4, -0.2) is 38.6 Å². The Morgan fingerprint density at radius 2 is 1.83 bits per heavy atom. The molecule has 0 bridgehead atoms. The van der Waals surface area contributed by atoms with E-state index >= 15 is 0 Å². The maximum absolute atomic E-state index is 13.1. The van der Waals surface area contributed by atoms with E-state index in [2.05, 4.69) is 14.8 Å². The van der Waals surface area contributed by atoms with E-state index < -0.39 is 35.4 Å². The number of benzene rings is 2. The quantitative estimate of drug-likeness (QED) is 0.260. The van der Waals surface area contributed by atoms with Gasteiger partial charge in [0.05, 0.1) is 11.6 Å². The number of alkyl halides is 3. The van der Waals surface area contributed by atoms with Crippen molar-refractivity contribution in [2.75, 3.05) is 0 Å². The highest BCUT2D eigenvalue weighted by molar-refractivity contribution is 5.85. The number of fused-ring (bicyclic) bond motifs is 1. The molecule has 0 aliphatic heterocycles. The monoisotopic (exact) mass is 576 g/mol. The average molecular weight is 577 g/mol. The summed E-state index contributed by atoms with van der Waals surface area (Å²) in [7, 11) is 0. The fraction of sp³-hybridized carbons (Fsp3) is 0.333. The molecule has 218 valence electrons. The molecular weight excluding hydrogens is 549 g/mol. The zero-order valence-corrected chi connectivity index (χ0v) is 22.3. The SMILES string of the molecule is CC(C)(C)OC(=O)CC[C@@H](C(N)=O)n1[nH]c2c(OCc3cnc(-c4ccc(OC(F)(F)F)cc4)o3)cccc2c1=O. The Labute approximate surface area is 231 Å². The number of aromatic nitrogens is 3. The van der Waals surface area contributed by atoms with Gasteiger partial charge >= 0.3 is 12.3 Å². The van der Waals surface area contributed by atoms with Crippen LogP contribution in [-0.2, 0) is 20.9 Å². The molecule has 2 heterocycles. The predicted octanol–water partition coefficient (Wildman–Crippen LogP) is 4.61. The number of primary amides is 1. The minimum absolute atomic E-state index is 0.0582. The van der Waals surface area contributed by atoms with Gasteiger partial charge in [-0.1, -0.05) is 6.07 Å². The van der Waals surface area contributed by atoms with Crippen LogP contribution >= 0.6 is 0 Å². The summed E-state index contributed by atoms with van der Waals surface area (Å²) in [5.41, 5.74) is 5.03. The Bertz CT molecular complexity index is 1600. The molecule has 2 aromatic carbocycles. The van der Waals surface area contributed by atoms with Gasteiger partial charge in [-0.25, -0.2) is 9.67 Å². The summed E-state index contributed by atoms with van der Waals surface area (Å²) in [5.74, 6) is -1.02. The van der Waals surface area contributed by atoms with E-state index in [1.165, 1.54) is 18.3 Å². The number of para-hydroxylation sites is 1. The normalized spacial score (nSPS) is 12.7. The van der Waals surface area contributed by atoms with E-state index in [1.54, 1.807) is 39.0 Å². The number of ether oxygens (including phenoxy) is 3. The van der Waals surface area contributed by atoms with Crippen LogP contribution in [0.3, 0.4) is 0 Å². The van der Waals surface area contributed by atoms with Gasteiger partial charge in [0.2, 0.25) is 11.8 Å². The number of oxazole rings is 1. The molecule has 14 heteroatoms. The van der Waals surface area contributed by atoms with Crippen molar-refractivity contribution in [3.05, 3.63) is 64.8 Å². The molecule has 0 saturated carbocycles. The number of halogens is 3. The van der Waals surface area contributed by atoms with Crippen molar-refractivity contribution in [2.24, 2.45) is 5.73 Å². The van der Waals surface area contributed by atoms with E-state index in [0.717, 1.165) is 16.8 Å². The number of amides is 1. The zero-order chi connectivity index (χ0) is 29.9. The summed E-state index contributed by atoms with van der Waals surface area (Å²) >= 11 is 0. The number of aromatic amines is 1. The van der Waals surface area contributed by atoms with Crippen molar-refractivity contribution >= 4 is 22.8 Å². The minimum atomic E-state index is -4.80. The van der Waals surface area contributed by atoms with E-state index in [4.69, 9.17) is 19.6 Å².